The lowest BCUT2D eigenvalue weighted by atomic mass is 9.95. The molecule has 0 heterocycles. The van der Waals surface area contributed by atoms with Crippen molar-refractivity contribution in [2.24, 2.45) is 0 Å². The molecule has 0 bridgehead atoms. The van der Waals surface area contributed by atoms with Crippen molar-refractivity contribution in [1.82, 2.24) is 10.2 Å². The van der Waals surface area contributed by atoms with Crippen LogP contribution in [0, 0.1) is 6.92 Å². The Bertz CT molecular complexity index is 1450. The van der Waals surface area contributed by atoms with E-state index in [1.54, 1.807) is 24.3 Å². The summed E-state index contributed by atoms with van der Waals surface area (Å²) in [7, 11) is -3.83. The number of hydrogen-bond acceptors (Lipinski definition) is 5. The van der Waals surface area contributed by atoms with E-state index in [0.717, 1.165) is 52.9 Å². The number of rotatable bonds is 13. The second kappa shape index (κ2) is 15.0. The minimum atomic E-state index is -3.83. The summed E-state index contributed by atoms with van der Waals surface area (Å²) in [5.74, 6) is -0.0536. The lowest BCUT2D eigenvalue weighted by molar-refractivity contribution is -0.140. The molecular weight excluding hydrogens is 562 g/mol. The number of anilines is 1. The van der Waals surface area contributed by atoms with Crippen molar-refractivity contribution in [1.29, 1.82) is 0 Å². The van der Waals surface area contributed by atoms with Crippen LogP contribution in [0.2, 0.25) is 0 Å². The largest absolute Gasteiger partial charge is 0.489 e. The fourth-order valence-corrected chi connectivity index (χ4v) is 6.38. The van der Waals surface area contributed by atoms with Gasteiger partial charge in [0.2, 0.25) is 21.8 Å². The summed E-state index contributed by atoms with van der Waals surface area (Å²) in [5.41, 5.74) is 3.28. The molecule has 3 aromatic carbocycles. The zero-order valence-electron chi connectivity index (χ0n) is 25.4. The maximum absolute atomic E-state index is 14.0. The van der Waals surface area contributed by atoms with Gasteiger partial charge < -0.3 is 15.0 Å². The van der Waals surface area contributed by atoms with Gasteiger partial charge in [0, 0.05) is 12.6 Å². The van der Waals surface area contributed by atoms with Crippen LogP contribution < -0.4 is 14.4 Å². The Morgan fingerprint density at radius 2 is 1.60 bits per heavy atom. The normalized spacial score (nSPS) is 14.5. The predicted octanol–water partition coefficient (Wildman–Crippen LogP) is 5.60. The van der Waals surface area contributed by atoms with Gasteiger partial charge in [0.15, 0.2) is 0 Å². The van der Waals surface area contributed by atoms with Crippen molar-refractivity contribution in [3.05, 3.63) is 95.6 Å². The SMILES string of the molecule is CC[C@@H](C(=O)NC1CCCCC1)N(Cc1cccc(C)c1)C(=O)CN(c1ccc(OCc2ccccc2)cc1)S(C)(=O)=O. The Labute approximate surface area is 256 Å². The maximum atomic E-state index is 14.0. The number of carbonyl (C=O) groups excluding carboxylic acids is 2. The van der Waals surface area contributed by atoms with E-state index in [4.69, 9.17) is 4.74 Å². The summed E-state index contributed by atoms with van der Waals surface area (Å²) < 4.78 is 32.9. The van der Waals surface area contributed by atoms with Crippen molar-refractivity contribution in [3.63, 3.8) is 0 Å². The fraction of sp³-hybridized carbons (Fsp3) is 0.412. The summed E-state index contributed by atoms with van der Waals surface area (Å²) in [6, 6.07) is 23.5. The number of benzene rings is 3. The van der Waals surface area contributed by atoms with Crippen LogP contribution in [0.15, 0.2) is 78.9 Å². The van der Waals surface area contributed by atoms with Crippen LogP contribution in [-0.2, 0) is 32.8 Å². The minimum Gasteiger partial charge on any atom is -0.489 e. The minimum absolute atomic E-state index is 0.0985. The number of ether oxygens (including phenoxy) is 1. The van der Waals surface area contributed by atoms with E-state index in [1.807, 2.05) is 68.4 Å². The Kier molecular flexibility index (Phi) is 11.2. The summed E-state index contributed by atoms with van der Waals surface area (Å²) >= 11 is 0. The molecule has 9 heteroatoms. The lowest BCUT2D eigenvalue weighted by Gasteiger charge is -2.34. The highest BCUT2D eigenvalue weighted by Crippen LogP contribution is 2.24. The van der Waals surface area contributed by atoms with Gasteiger partial charge in [-0.15, -0.1) is 0 Å². The fourth-order valence-electron chi connectivity index (χ4n) is 5.53. The molecule has 1 aliphatic rings. The number of amides is 2. The van der Waals surface area contributed by atoms with Gasteiger partial charge >= 0.3 is 0 Å². The first-order valence-electron chi connectivity index (χ1n) is 15.0. The van der Waals surface area contributed by atoms with E-state index in [9.17, 15) is 18.0 Å². The number of nitrogens with one attached hydrogen (secondary N) is 1. The number of aryl methyl sites for hydroxylation is 1. The van der Waals surface area contributed by atoms with Crippen LogP contribution in [0.4, 0.5) is 5.69 Å². The highest BCUT2D eigenvalue weighted by atomic mass is 32.2. The highest BCUT2D eigenvalue weighted by Gasteiger charge is 2.32. The molecule has 8 nitrogen and oxygen atoms in total. The Hall–Kier alpha value is -3.85. The number of nitrogens with zero attached hydrogens (tertiary/aromatic N) is 2. The van der Waals surface area contributed by atoms with Crippen molar-refractivity contribution in [2.45, 2.75) is 77.6 Å². The third-order valence-electron chi connectivity index (χ3n) is 7.83. The Morgan fingerprint density at radius 3 is 2.23 bits per heavy atom. The average Bonchev–Trinajstić information content (AvgIpc) is 2.99. The first-order chi connectivity index (χ1) is 20.6. The van der Waals surface area contributed by atoms with Gasteiger partial charge in [-0.1, -0.05) is 86.3 Å². The zero-order valence-corrected chi connectivity index (χ0v) is 26.2. The second-order valence-electron chi connectivity index (χ2n) is 11.3. The smallest absolute Gasteiger partial charge is 0.244 e. The van der Waals surface area contributed by atoms with Crippen LogP contribution in [0.25, 0.3) is 0 Å². The van der Waals surface area contributed by atoms with Crippen molar-refractivity contribution >= 4 is 27.5 Å². The van der Waals surface area contributed by atoms with Gasteiger partial charge in [0.1, 0.15) is 24.9 Å². The Morgan fingerprint density at radius 1 is 0.930 bits per heavy atom. The summed E-state index contributed by atoms with van der Waals surface area (Å²) in [6.07, 6.45) is 6.67. The molecule has 0 aromatic heterocycles. The van der Waals surface area contributed by atoms with E-state index in [-0.39, 0.29) is 18.5 Å². The summed E-state index contributed by atoms with van der Waals surface area (Å²) in [5, 5.41) is 3.17. The molecule has 43 heavy (non-hydrogen) atoms. The molecule has 230 valence electrons. The molecule has 3 aromatic rings. The predicted molar refractivity (Wildman–Crippen MR) is 170 cm³/mol. The molecule has 1 saturated carbocycles. The molecule has 1 fully saturated rings. The topological polar surface area (TPSA) is 96.0 Å². The van der Waals surface area contributed by atoms with Crippen LogP contribution in [0.5, 0.6) is 5.75 Å². The molecule has 0 unspecified atom stereocenters. The van der Waals surface area contributed by atoms with E-state index in [0.29, 0.717) is 24.5 Å². The number of hydrogen-bond donors (Lipinski definition) is 1. The van der Waals surface area contributed by atoms with E-state index in [2.05, 4.69) is 5.32 Å². The lowest BCUT2D eigenvalue weighted by Crippen LogP contribution is -2.53. The Balaban J connectivity index is 1.55. The van der Waals surface area contributed by atoms with E-state index < -0.39 is 28.5 Å². The van der Waals surface area contributed by atoms with Gasteiger partial charge in [-0.3, -0.25) is 13.9 Å². The second-order valence-corrected chi connectivity index (χ2v) is 13.2. The number of carbonyl (C=O) groups is 2. The third-order valence-corrected chi connectivity index (χ3v) is 8.97. The molecule has 0 aliphatic heterocycles. The summed E-state index contributed by atoms with van der Waals surface area (Å²) in [4.78, 5) is 29.1. The first-order valence-corrected chi connectivity index (χ1v) is 16.9. The third kappa shape index (κ3) is 9.32. The molecule has 4 rings (SSSR count). The van der Waals surface area contributed by atoms with Crippen LogP contribution >= 0.6 is 0 Å². The first kappa shape index (κ1) is 32.1. The molecule has 0 radical (unpaired) electrons. The van der Waals surface area contributed by atoms with Gasteiger partial charge in [0.25, 0.3) is 0 Å². The molecule has 1 atom stereocenters. The van der Waals surface area contributed by atoms with Crippen LogP contribution in [-0.4, -0.2) is 50.0 Å². The van der Waals surface area contributed by atoms with E-state index in [1.165, 1.54) is 11.3 Å². The van der Waals surface area contributed by atoms with Gasteiger partial charge in [-0.05, 0) is 61.6 Å². The van der Waals surface area contributed by atoms with E-state index >= 15 is 0 Å². The standard InChI is InChI=1S/C34H43N3O5S/c1-4-32(34(39)35-29-16-9-6-10-17-29)36(23-28-15-11-12-26(2)22-28)33(38)24-37(43(3,40)41)30-18-20-31(21-19-30)42-25-27-13-7-5-8-14-27/h5,7-8,11-15,18-22,29,32H,4,6,9-10,16-17,23-25H2,1-3H3,(H,35,39)/t32-/m0/s1. The molecular formula is C34H43N3O5S. The molecule has 0 saturated heterocycles. The molecule has 2 amide bonds. The molecule has 1 aliphatic carbocycles. The monoisotopic (exact) mass is 605 g/mol. The quantitative estimate of drug-likeness (QED) is 0.274. The molecule has 1 N–H and O–H groups in total. The highest BCUT2D eigenvalue weighted by molar-refractivity contribution is 7.92. The van der Waals surface area contributed by atoms with Crippen LogP contribution in [0.1, 0.15) is 62.1 Å². The van der Waals surface area contributed by atoms with Crippen molar-refractivity contribution < 1.29 is 22.7 Å². The summed E-state index contributed by atoms with van der Waals surface area (Å²) in [6.45, 7) is 4.00. The van der Waals surface area contributed by atoms with Crippen molar-refractivity contribution in [2.75, 3.05) is 17.1 Å². The van der Waals surface area contributed by atoms with Crippen molar-refractivity contribution in [3.8, 4) is 5.75 Å². The van der Waals surface area contributed by atoms with Crippen LogP contribution in [0.3, 0.4) is 0 Å². The van der Waals surface area contributed by atoms with Gasteiger partial charge in [-0.2, -0.15) is 0 Å². The average molecular weight is 606 g/mol. The zero-order chi connectivity index (χ0) is 30.8. The molecule has 0 spiro atoms. The maximum Gasteiger partial charge on any atom is 0.244 e. The van der Waals surface area contributed by atoms with Gasteiger partial charge in [0.05, 0.1) is 11.9 Å². The van der Waals surface area contributed by atoms with Gasteiger partial charge in [-0.25, -0.2) is 8.42 Å². The number of sulfonamides is 1.